The van der Waals surface area contributed by atoms with Gasteiger partial charge in [-0.2, -0.15) is 13.2 Å². The van der Waals surface area contributed by atoms with Crippen LogP contribution < -0.4 is 11.3 Å². The van der Waals surface area contributed by atoms with Crippen LogP contribution >= 0.6 is 0 Å². The highest BCUT2D eigenvalue weighted by Gasteiger charge is 2.30. The van der Waals surface area contributed by atoms with Crippen LogP contribution in [-0.2, 0) is 24.1 Å². The summed E-state index contributed by atoms with van der Waals surface area (Å²) in [6.45, 7) is 5.58. The minimum Gasteiger partial charge on any atom is -0.464 e. The Bertz CT molecular complexity index is 1810. The molecule has 1 atom stereocenters. The van der Waals surface area contributed by atoms with Crippen molar-refractivity contribution in [2.45, 2.75) is 39.2 Å². The molecular formula is C33H35F3N4O3. The first kappa shape index (κ1) is 30.5. The smallest absolute Gasteiger partial charge is 0.416 e. The van der Waals surface area contributed by atoms with Gasteiger partial charge in [-0.25, -0.2) is 5.90 Å². The van der Waals surface area contributed by atoms with Gasteiger partial charge < -0.3 is 18.7 Å². The van der Waals surface area contributed by atoms with Gasteiger partial charge in [0.1, 0.15) is 5.58 Å². The maximum Gasteiger partial charge on any atom is 0.416 e. The molecule has 10 heteroatoms. The van der Waals surface area contributed by atoms with Crippen molar-refractivity contribution in [2.24, 2.45) is 5.90 Å². The zero-order chi connectivity index (χ0) is 30.9. The Morgan fingerprint density at radius 3 is 2.44 bits per heavy atom. The predicted molar refractivity (Wildman–Crippen MR) is 162 cm³/mol. The van der Waals surface area contributed by atoms with Crippen molar-refractivity contribution in [3.8, 4) is 5.69 Å². The molecule has 0 saturated carbocycles. The monoisotopic (exact) mass is 592 g/mol. The number of aryl methyl sites for hydroxylation is 2. The van der Waals surface area contributed by atoms with Gasteiger partial charge in [0.05, 0.1) is 29.3 Å². The van der Waals surface area contributed by atoms with E-state index in [1.807, 2.05) is 75.4 Å². The van der Waals surface area contributed by atoms with Crippen molar-refractivity contribution >= 4 is 21.9 Å². The molecule has 0 saturated heterocycles. The zero-order valence-corrected chi connectivity index (χ0v) is 24.6. The summed E-state index contributed by atoms with van der Waals surface area (Å²) in [6.07, 6.45) is -1.03. The van der Waals surface area contributed by atoms with Crippen LogP contribution in [0, 0.1) is 13.8 Å². The summed E-state index contributed by atoms with van der Waals surface area (Å²) in [7, 11) is 3.87. The SMILES string of the molecule is Cc1cc2occ(CN(C)CC(CON)N(C)Cc3cn(-c4cccc(C(F)(F)F)c4)c4ccccc34)c(=O)c2cc1C. The second-order valence-corrected chi connectivity index (χ2v) is 11.2. The van der Waals surface area contributed by atoms with Crippen molar-refractivity contribution in [3.63, 3.8) is 0 Å². The second-order valence-electron chi connectivity index (χ2n) is 11.2. The van der Waals surface area contributed by atoms with Gasteiger partial charge in [0.2, 0.25) is 0 Å². The van der Waals surface area contributed by atoms with Gasteiger partial charge in [-0.1, -0.05) is 24.3 Å². The highest BCUT2D eigenvalue weighted by molar-refractivity contribution is 5.85. The Kier molecular flexibility index (Phi) is 8.75. The third kappa shape index (κ3) is 6.52. The third-order valence-corrected chi connectivity index (χ3v) is 8.00. The topological polar surface area (TPSA) is 76.9 Å². The van der Waals surface area contributed by atoms with Gasteiger partial charge in [0.25, 0.3) is 0 Å². The average molecular weight is 593 g/mol. The van der Waals surface area contributed by atoms with Crippen molar-refractivity contribution < 1.29 is 22.4 Å². The van der Waals surface area contributed by atoms with Crippen LogP contribution in [0.2, 0.25) is 0 Å². The molecule has 0 aliphatic rings. The number of hydrogen-bond acceptors (Lipinski definition) is 6. The van der Waals surface area contributed by atoms with Crippen LogP contribution in [0.25, 0.3) is 27.6 Å². The molecule has 43 heavy (non-hydrogen) atoms. The normalized spacial score (nSPS) is 13.1. The maximum atomic E-state index is 13.4. The fraction of sp³-hybridized carbons (Fsp3) is 0.303. The Balaban J connectivity index is 1.37. The van der Waals surface area contributed by atoms with Crippen molar-refractivity contribution in [1.82, 2.24) is 14.4 Å². The van der Waals surface area contributed by atoms with Gasteiger partial charge in [-0.05, 0) is 81.0 Å². The van der Waals surface area contributed by atoms with Crippen LogP contribution in [0.15, 0.2) is 82.3 Å². The Labute approximate surface area is 247 Å². The number of aromatic nitrogens is 1. The molecule has 7 nitrogen and oxygen atoms in total. The van der Waals surface area contributed by atoms with Gasteiger partial charge in [0, 0.05) is 48.5 Å². The first-order chi connectivity index (χ1) is 20.5. The van der Waals surface area contributed by atoms with E-state index >= 15 is 0 Å². The quantitative estimate of drug-likeness (QED) is 0.195. The largest absolute Gasteiger partial charge is 0.464 e. The number of alkyl halides is 3. The maximum absolute atomic E-state index is 13.4. The molecule has 0 aliphatic heterocycles. The Morgan fingerprint density at radius 1 is 0.953 bits per heavy atom. The molecule has 1 unspecified atom stereocenters. The summed E-state index contributed by atoms with van der Waals surface area (Å²) in [6, 6.07) is 16.6. The third-order valence-electron chi connectivity index (χ3n) is 8.00. The molecule has 2 heterocycles. The number of nitrogens with zero attached hydrogens (tertiary/aromatic N) is 3. The number of fused-ring (bicyclic) bond motifs is 2. The summed E-state index contributed by atoms with van der Waals surface area (Å²) in [4.78, 5) is 22.4. The lowest BCUT2D eigenvalue weighted by Crippen LogP contribution is -2.44. The molecule has 226 valence electrons. The van der Waals surface area contributed by atoms with E-state index < -0.39 is 11.7 Å². The molecule has 0 spiro atoms. The Morgan fingerprint density at radius 2 is 1.70 bits per heavy atom. The lowest BCUT2D eigenvalue weighted by atomic mass is 10.1. The second kappa shape index (κ2) is 12.3. The van der Waals surface area contributed by atoms with Crippen molar-refractivity contribution in [1.29, 1.82) is 0 Å². The van der Waals surface area contributed by atoms with Crippen LogP contribution in [0.4, 0.5) is 13.2 Å². The molecule has 0 radical (unpaired) electrons. The fourth-order valence-electron chi connectivity index (χ4n) is 5.50. The van der Waals surface area contributed by atoms with Crippen molar-refractivity contribution in [2.75, 3.05) is 27.2 Å². The van der Waals surface area contributed by atoms with Crippen molar-refractivity contribution in [3.05, 3.63) is 111 Å². The first-order valence-corrected chi connectivity index (χ1v) is 13.9. The van der Waals surface area contributed by atoms with Crippen LogP contribution in [0.5, 0.6) is 0 Å². The van der Waals surface area contributed by atoms with E-state index in [9.17, 15) is 18.0 Å². The lowest BCUT2D eigenvalue weighted by molar-refractivity contribution is -0.137. The standard InChI is InChI=1S/C33H35F3N4O3/c1-21-12-29-31(13-22(21)2)42-19-24(32(29)41)15-38(3)18-27(20-43-37)39(4)16-23-17-40(30-11-6-5-10-28(23)30)26-9-7-8-25(14-26)33(34,35)36/h5-14,17,19,27H,15-16,18,20,37H2,1-4H3. The number of hydrogen-bond donors (Lipinski definition) is 1. The summed E-state index contributed by atoms with van der Waals surface area (Å²) in [5.74, 6) is 5.52. The van der Waals surface area contributed by atoms with Gasteiger partial charge in [-0.3, -0.25) is 9.69 Å². The lowest BCUT2D eigenvalue weighted by Gasteiger charge is -2.31. The molecule has 0 aliphatic carbocycles. The molecule has 2 N–H and O–H groups in total. The van der Waals surface area contributed by atoms with Crippen LogP contribution in [-0.4, -0.2) is 47.7 Å². The van der Waals surface area contributed by atoms with E-state index in [1.54, 1.807) is 10.6 Å². The number of nitrogens with two attached hydrogens (primary N) is 1. The molecule has 3 aromatic carbocycles. The molecule has 5 aromatic rings. The molecular weight excluding hydrogens is 557 g/mol. The summed E-state index contributed by atoms with van der Waals surface area (Å²) >= 11 is 0. The summed E-state index contributed by atoms with van der Waals surface area (Å²) in [5, 5.41) is 1.50. The van der Waals surface area contributed by atoms with E-state index in [1.165, 1.54) is 12.3 Å². The summed E-state index contributed by atoms with van der Waals surface area (Å²) in [5.41, 5.74) is 4.64. The molecule has 0 fully saturated rings. The van der Waals surface area contributed by atoms with Gasteiger partial charge in [-0.15, -0.1) is 0 Å². The van der Waals surface area contributed by atoms with E-state index in [-0.39, 0.29) is 18.1 Å². The average Bonchev–Trinajstić information content (AvgIpc) is 3.33. The molecule has 5 rings (SSSR count). The minimum atomic E-state index is -4.44. The number of halogens is 3. The van der Waals surface area contributed by atoms with Crippen LogP contribution in [0.1, 0.15) is 27.8 Å². The highest BCUT2D eigenvalue weighted by atomic mass is 19.4. The first-order valence-electron chi connectivity index (χ1n) is 13.9. The minimum absolute atomic E-state index is 0.0569. The zero-order valence-electron chi connectivity index (χ0n) is 24.6. The van der Waals surface area contributed by atoms with E-state index in [0.29, 0.717) is 41.9 Å². The fourth-order valence-corrected chi connectivity index (χ4v) is 5.50. The Hall–Kier alpha value is -3.96. The van der Waals surface area contributed by atoms with E-state index in [2.05, 4.69) is 4.90 Å². The molecule has 0 amide bonds. The van der Waals surface area contributed by atoms with E-state index in [4.69, 9.17) is 15.2 Å². The van der Waals surface area contributed by atoms with Gasteiger partial charge in [0.15, 0.2) is 5.43 Å². The number of benzene rings is 3. The molecule has 0 bridgehead atoms. The van der Waals surface area contributed by atoms with E-state index in [0.717, 1.165) is 39.7 Å². The highest BCUT2D eigenvalue weighted by Crippen LogP contribution is 2.32. The number of rotatable bonds is 10. The number of likely N-dealkylation sites (N-methyl/N-ethyl adjacent to an activating group) is 2. The molecule has 2 aromatic heterocycles. The summed E-state index contributed by atoms with van der Waals surface area (Å²) < 4.78 is 47.9. The van der Waals surface area contributed by atoms with Gasteiger partial charge >= 0.3 is 6.18 Å². The predicted octanol–water partition coefficient (Wildman–Crippen LogP) is 6.20. The van der Waals surface area contributed by atoms with Crippen LogP contribution in [0.3, 0.4) is 0 Å². The number of para-hydroxylation sites is 1.